The summed E-state index contributed by atoms with van der Waals surface area (Å²) in [5.74, 6) is 0. The maximum atomic E-state index is 4.39. The number of benzene rings is 11. The summed E-state index contributed by atoms with van der Waals surface area (Å²) in [5.41, 5.74) is 25.7. The number of rotatable bonds is 11. The lowest BCUT2D eigenvalue weighted by atomic mass is 9.94. The summed E-state index contributed by atoms with van der Waals surface area (Å²) in [5, 5.41) is 7.41. The molecule has 0 spiro atoms. The van der Waals surface area contributed by atoms with Gasteiger partial charge in [-0.15, -0.1) is 0 Å². The molecule has 0 aliphatic rings. The molecule has 15 aromatic rings. The Kier molecular flexibility index (Phi) is 12.0. The van der Waals surface area contributed by atoms with E-state index in [0.29, 0.717) is 0 Å². The molecular weight excluding hydrogens is 1000 g/mol. The Hall–Kier alpha value is -10.7. The van der Waals surface area contributed by atoms with E-state index < -0.39 is 0 Å². The summed E-state index contributed by atoms with van der Waals surface area (Å²) >= 11 is 0. The molecule has 4 aromatic heterocycles. The van der Waals surface area contributed by atoms with Crippen molar-refractivity contribution in [2.75, 3.05) is 0 Å². The Labute approximate surface area is 483 Å². The summed E-state index contributed by atoms with van der Waals surface area (Å²) < 4.78 is 9.64. The summed E-state index contributed by atoms with van der Waals surface area (Å²) in [6.07, 6.45) is 8.36. The van der Waals surface area contributed by atoms with Crippen LogP contribution in [0.1, 0.15) is 25.2 Å². The number of aromatic nitrogens is 4. The molecule has 0 unspecified atom stereocenters. The zero-order valence-corrected chi connectivity index (χ0v) is 46.6. The van der Waals surface area contributed by atoms with E-state index in [1.165, 1.54) is 105 Å². The van der Waals surface area contributed by atoms with Crippen molar-refractivity contribution in [1.29, 1.82) is 0 Å². The number of hydrogen-bond donors (Lipinski definition) is 0. The molecule has 394 valence electrons. The fourth-order valence-corrected chi connectivity index (χ4v) is 13.3. The van der Waals surface area contributed by atoms with Crippen LogP contribution in [0.15, 0.2) is 286 Å². The zero-order chi connectivity index (χ0) is 55.7. The van der Waals surface area contributed by atoms with E-state index >= 15 is 0 Å². The summed E-state index contributed by atoms with van der Waals surface area (Å²) in [6.45, 7) is 10.9. The van der Waals surface area contributed by atoms with E-state index in [0.717, 1.165) is 50.7 Å². The Balaban J connectivity index is 0.769. The first kappa shape index (κ1) is 49.4. The van der Waals surface area contributed by atoms with Crippen LogP contribution in [-0.4, -0.2) is 18.3 Å². The molecular formula is C79H58N4. The van der Waals surface area contributed by atoms with Crippen LogP contribution < -0.4 is 0 Å². The van der Waals surface area contributed by atoms with Crippen LogP contribution in [0.4, 0.5) is 0 Å². The second-order valence-electron chi connectivity index (χ2n) is 21.7. The summed E-state index contributed by atoms with van der Waals surface area (Å²) in [6, 6.07) is 95.7. The summed E-state index contributed by atoms with van der Waals surface area (Å²) in [7, 11) is 0. The first-order chi connectivity index (χ1) is 40.9. The lowest BCUT2D eigenvalue weighted by molar-refractivity contribution is 1.05. The van der Waals surface area contributed by atoms with Crippen molar-refractivity contribution in [2.45, 2.75) is 20.8 Å². The molecule has 0 amide bonds. The van der Waals surface area contributed by atoms with E-state index in [1.807, 2.05) is 6.08 Å². The maximum Gasteiger partial charge on any atom is 0.0562 e. The van der Waals surface area contributed by atoms with Crippen molar-refractivity contribution in [3.63, 3.8) is 0 Å². The van der Waals surface area contributed by atoms with E-state index in [9.17, 15) is 0 Å². The minimum absolute atomic E-state index is 1.09. The molecule has 4 nitrogen and oxygen atoms in total. The summed E-state index contributed by atoms with van der Waals surface area (Å²) in [4.78, 5) is 0. The molecule has 0 saturated heterocycles. The van der Waals surface area contributed by atoms with Gasteiger partial charge in [0.1, 0.15) is 0 Å². The molecule has 0 N–H and O–H groups in total. The van der Waals surface area contributed by atoms with Crippen LogP contribution in [0, 0.1) is 6.92 Å². The van der Waals surface area contributed by atoms with Crippen molar-refractivity contribution < 1.29 is 0 Å². The number of hydrogen-bond acceptors (Lipinski definition) is 0. The van der Waals surface area contributed by atoms with Gasteiger partial charge in [0.25, 0.3) is 0 Å². The molecule has 4 heterocycles. The van der Waals surface area contributed by atoms with E-state index in [2.05, 4.69) is 325 Å². The Morgan fingerprint density at radius 1 is 0.337 bits per heavy atom. The average Bonchev–Trinajstić information content (AvgIpc) is 4.29. The molecule has 15 rings (SSSR count). The molecule has 4 heteroatoms. The molecule has 0 atom stereocenters. The largest absolute Gasteiger partial charge is 0.313 e. The van der Waals surface area contributed by atoms with Gasteiger partial charge in [0.05, 0.1) is 38.8 Å². The normalized spacial score (nSPS) is 12.1. The van der Waals surface area contributed by atoms with Gasteiger partial charge >= 0.3 is 0 Å². The van der Waals surface area contributed by atoms with Crippen molar-refractivity contribution in [2.24, 2.45) is 0 Å². The second kappa shape index (κ2) is 20.1. The topological polar surface area (TPSA) is 19.7 Å². The number of nitrogens with zero attached hydrogens (tertiary/aromatic N) is 4. The van der Waals surface area contributed by atoms with E-state index in [-0.39, 0.29) is 0 Å². The highest BCUT2D eigenvalue weighted by Crippen LogP contribution is 2.46. The van der Waals surface area contributed by atoms with Crippen LogP contribution in [0.2, 0.25) is 0 Å². The molecule has 0 aliphatic heterocycles. The van der Waals surface area contributed by atoms with Crippen LogP contribution in [0.5, 0.6) is 0 Å². The lowest BCUT2D eigenvalue weighted by Crippen LogP contribution is -1.98. The van der Waals surface area contributed by atoms with Crippen LogP contribution in [0.3, 0.4) is 0 Å². The highest BCUT2D eigenvalue weighted by atomic mass is 15.0. The van der Waals surface area contributed by atoms with E-state index in [1.54, 1.807) is 0 Å². The number of allylic oxidation sites excluding steroid dienone is 4. The molecule has 0 saturated carbocycles. The molecule has 0 fully saturated rings. The molecule has 83 heavy (non-hydrogen) atoms. The predicted molar refractivity (Wildman–Crippen MR) is 354 cm³/mol. The highest BCUT2D eigenvalue weighted by Gasteiger charge is 2.25. The third-order valence-electron chi connectivity index (χ3n) is 17.0. The van der Waals surface area contributed by atoms with Crippen molar-refractivity contribution in [3.05, 3.63) is 297 Å². The van der Waals surface area contributed by atoms with E-state index in [4.69, 9.17) is 0 Å². The molecule has 0 bridgehead atoms. The lowest BCUT2D eigenvalue weighted by Gasteiger charge is -2.13. The smallest absolute Gasteiger partial charge is 0.0562 e. The van der Waals surface area contributed by atoms with Crippen molar-refractivity contribution in [3.8, 4) is 72.7 Å². The third-order valence-corrected chi connectivity index (χ3v) is 17.0. The standard InChI is InChI=1S/C79H58N4/c1-5-7-24-52(3)80-71(6-2)79(68-40-14-17-43-74(68)80)78-53(4)81(75-44-18-13-39-67(75)78)63-35-22-31-60(48-63)58-29-20-27-56(46-58)54-25-19-26-55(45-54)57-28-21-30-59(47-57)61-32-23-36-64(49-61)83-73-42-16-12-38-66(73)70-50-69-65-37-11-15-41-72(65)82(76(69)51-77(70)83)62-33-9-8-10-34-62/h5-51H,2H2,1,3-4H3/b7-5-,52-24+. The highest BCUT2D eigenvalue weighted by molar-refractivity contribution is 6.19. The Morgan fingerprint density at radius 3 is 1.22 bits per heavy atom. The van der Waals surface area contributed by atoms with Crippen LogP contribution in [-0.2, 0) is 0 Å². The van der Waals surface area contributed by atoms with Gasteiger partial charge in [0.2, 0.25) is 0 Å². The van der Waals surface area contributed by atoms with Crippen LogP contribution >= 0.6 is 0 Å². The fraction of sp³-hybridized carbons (Fsp3) is 0.0380. The van der Waals surface area contributed by atoms with Gasteiger partial charge in [-0.1, -0.05) is 189 Å². The van der Waals surface area contributed by atoms with Gasteiger partial charge in [-0.3, -0.25) is 0 Å². The minimum atomic E-state index is 1.09. The van der Waals surface area contributed by atoms with Gasteiger partial charge in [-0.2, -0.15) is 0 Å². The SMILES string of the molecule is C=Cc1c(-c2c(C)n(-c3cccc(-c4cccc(-c5cccc(-c6cccc(-c7cccc(-n8c9ccccc9c9cc%10c%11ccccc%11n(-c%11ccccc%11)c%10cc98)c7)c6)c5)c4)c3)c3ccccc23)c2ccccc2n1/C(C)=C/C=C\C. The van der Waals surface area contributed by atoms with Gasteiger partial charge in [-0.05, 0) is 168 Å². The van der Waals surface area contributed by atoms with Gasteiger partial charge in [0.15, 0.2) is 0 Å². The number of para-hydroxylation sites is 5. The first-order valence-electron chi connectivity index (χ1n) is 28.6. The van der Waals surface area contributed by atoms with Crippen molar-refractivity contribution >= 4 is 77.2 Å². The third kappa shape index (κ3) is 8.13. The Bertz CT molecular complexity index is 5140. The van der Waals surface area contributed by atoms with Gasteiger partial charge in [0, 0.05) is 71.9 Å². The molecule has 0 radical (unpaired) electrons. The predicted octanol–water partition coefficient (Wildman–Crippen LogP) is 21.5. The maximum absolute atomic E-state index is 4.39. The minimum Gasteiger partial charge on any atom is -0.313 e. The first-order valence-corrected chi connectivity index (χ1v) is 28.6. The average molecular weight is 1060 g/mol. The zero-order valence-electron chi connectivity index (χ0n) is 46.6. The monoisotopic (exact) mass is 1060 g/mol. The van der Waals surface area contributed by atoms with Gasteiger partial charge in [-0.25, -0.2) is 0 Å². The second-order valence-corrected chi connectivity index (χ2v) is 21.7. The van der Waals surface area contributed by atoms with Crippen molar-refractivity contribution in [1.82, 2.24) is 18.3 Å². The number of fused-ring (bicyclic) bond motifs is 8. The quantitative estimate of drug-likeness (QED) is 0.115. The molecule has 0 aliphatic carbocycles. The Morgan fingerprint density at radius 2 is 0.723 bits per heavy atom. The van der Waals surface area contributed by atoms with Gasteiger partial charge < -0.3 is 18.3 Å². The molecule has 11 aromatic carbocycles. The fourth-order valence-electron chi connectivity index (χ4n) is 13.3. The van der Waals surface area contributed by atoms with Crippen LogP contribution in [0.25, 0.3) is 150 Å².